The predicted molar refractivity (Wildman–Crippen MR) is 130 cm³/mol. The van der Waals surface area contributed by atoms with Gasteiger partial charge in [0, 0.05) is 4.88 Å². The van der Waals surface area contributed by atoms with Crippen molar-refractivity contribution in [3.63, 3.8) is 0 Å². The summed E-state index contributed by atoms with van der Waals surface area (Å²) >= 11 is 1.57. The van der Waals surface area contributed by atoms with E-state index in [-0.39, 0.29) is 11.8 Å². The maximum Gasteiger partial charge on any atom is 0.259 e. The number of nitrogens with zero attached hydrogens (tertiary/aromatic N) is 1. The molecule has 32 heavy (non-hydrogen) atoms. The molecule has 7 heteroatoms. The third kappa shape index (κ3) is 5.33. The van der Waals surface area contributed by atoms with Crippen LogP contribution in [-0.4, -0.2) is 43.5 Å². The molecule has 2 heterocycles. The maximum atomic E-state index is 13.4. The minimum Gasteiger partial charge on any atom is -0.495 e. The number of rotatable bonds is 6. The van der Waals surface area contributed by atoms with Gasteiger partial charge in [-0.2, -0.15) is 0 Å². The Balaban J connectivity index is 1.56. The normalized spacial score (nSPS) is 19.0. The number of amides is 2. The summed E-state index contributed by atoms with van der Waals surface area (Å²) in [4.78, 5) is 29.8. The second-order valence-electron chi connectivity index (χ2n) is 8.95. The highest BCUT2D eigenvalue weighted by Crippen LogP contribution is 2.40. The van der Waals surface area contributed by atoms with Gasteiger partial charge in [0.15, 0.2) is 0 Å². The van der Waals surface area contributed by atoms with Crippen LogP contribution in [0.4, 0.5) is 10.7 Å². The first-order valence-corrected chi connectivity index (χ1v) is 12.5. The number of methoxy groups -OCH3 is 1. The number of para-hydroxylation sites is 2. The standard InChI is InChI=1S/C25H33N3O3S/c1-17-11-12-18-21(15-17)32-25(27-22(29)16-28-13-7-3-4-8-14-28)23(18)24(30)26-19-9-5-6-10-20(19)31-2/h5-6,9-10,17H,3-4,7-8,11-16H2,1-2H3,(H,26,30)(H,27,29)/t17-/m0/s1. The largest absolute Gasteiger partial charge is 0.495 e. The summed E-state index contributed by atoms with van der Waals surface area (Å²) in [6, 6.07) is 7.39. The molecule has 2 aliphatic rings. The van der Waals surface area contributed by atoms with Crippen LogP contribution in [-0.2, 0) is 17.6 Å². The van der Waals surface area contributed by atoms with E-state index in [1.165, 1.54) is 17.7 Å². The number of nitrogens with one attached hydrogen (secondary N) is 2. The lowest BCUT2D eigenvalue weighted by molar-refractivity contribution is -0.117. The number of anilines is 2. The van der Waals surface area contributed by atoms with Crippen LogP contribution in [0.1, 0.15) is 59.8 Å². The average Bonchev–Trinajstić information content (AvgIpc) is 2.93. The highest BCUT2D eigenvalue weighted by atomic mass is 32.1. The zero-order valence-electron chi connectivity index (χ0n) is 19.0. The van der Waals surface area contributed by atoms with Crippen molar-refractivity contribution in [1.82, 2.24) is 4.90 Å². The van der Waals surface area contributed by atoms with Crippen molar-refractivity contribution in [3.05, 3.63) is 40.3 Å². The third-order valence-electron chi connectivity index (χ3n) is 6.41. The Morgan fingerprint density at radius 1 is 1.12 bits per heavy atom. The van der Waals surface area contributed by atoms with Gasteiger partial charge in [0.1, 0.15) is 10.8 Å². The summed E-state index contributed by atoms with van der Waals surface area (Å²) in [5.41, 5.74) is 2.34. The first-order valence-electron chi connectivity index (χ1n) is 11.7. The number of ether oxygens (including phenoxy) is 1. The molecular formula is C25H33N3O3S. The Hall–Kier alpha value is -2.38. The fraction of sp³-hybridized carbons (Fsp3) is 0.520. The molecule has 1 aliphatic carbocycles. The highest BCUT2D eigenvalue weighted by molar-refractivity contribution is 7.17. The van der Waals surface area contributed by atoms with Crippen LogP contribution in [0.15, 0.2) is 24.3 Å². The number of carbonyl (C=O) groups is 2. The summed E-state index contributed by atoms with van der Waals surface area (Å²) in [6.07, 6.45) is 7.64. The summed E-state index contributed by atoms with van der Waals surface area (Å²) in [6.45, 7) is 4.56. The second kappa shape index (κ2) is 10.5. The van der Waals surface area contributed by atoms with E-state index < -0.39 is 0 Å². The molecule has 0 spiro atoms. The number of fused-ring (bicyclic) bond motifs is 1. The molecule has 1 aromatic heterocycles. The Labute approximate surface area is 194 Å². The van der Waals surface area contributed by atoms with Gasteiger partial charge in [-0.05, 0) is 68.8 Å². The summed E-state index contributed by atoms with van der Waals surface area (Å²) in [5.74, 6) is 0.980. The van der Waals surface area contributed by atoms with Crippen molar-refractivity contribution >= 4 is 33.8 Å². The van der Waals surface area contributed by atoms with Gasteiger partial charge in [-0.1, -0.05) is 31.9 Å². The van der Waals surface area contributed by atoms with Crippen LogP contribution in [0.25, 0.3) is 0 Å². The van der Waals surface area contributed by atoms with Gasteiger partial charge in [0.25, 0.3) is 5.91 Å². The number of benzene rings is 1. The van der Waals surface area contributed by atoms with E-state index in [0.717, 1.165) is 50.8 Å². The highest BCUT2D eigenvalue weighted by Gasteiger charge is 2.29. The van der Waals surface area contributed by atoms with Gasteiger partial charge >= 0.3 is 0 Å². The van der Waals surface area contributed by atoms with Gasteiger partial charge in [-0.25, -0.2) is 0 Å². The molecule has 4 rings (SSSR count). The Morgan fingerprint density at radius 2 is 1.88 bits per heavy atom. The van der Waals surface area contributed by atoms with E-state index in [2.05, 4.69) is 22.5 Å². The molecule has 172 valence electrons. The Morgan fingerprint density at radius 3 is 2.62 bits per heavy atom. The number of thiophene rings is 1. The minimum atomic E-state index is -0.188. The summed E-state index contributed by atoms with van der Waals surface area (Å²) in [5, 5.41) is 6.78. The van der Waals surface area contributed by atoms with E-state index >= 15 is 0 Å². The second-order valence-corrected chi connectivity index (χ2v) is 10.1. The zero-order chi connectivity index (χ0) is 22.5. The molecule has 1 atom stereocenters. The first kappa shape index (κ1) is 22.8. The number of carbonyl (C=O) groups excluding carboxylic acids is 2. The molecule has 1 fully saturated rings. The van der Waals surface area contributed by atoms with Crippen LogP contribution >= 0.6 is 11.3 Å². The molecule has 0 bridgehead atoms. The minimum absolute atomic E-state index is 0.0371. The number of hydrogen-bond donors (Lipinski definition) is 2. The molecule has 0 unspecified atom stereocenters. The number of likely N-dealkylation sites (tertiary alicyclic amines) is 1. The maximum absolute atomic E-state index is 13.4. The topological polar surface area (TPSA) is 70.7 Å². The van der Waals surface area contributed by atoms with Crippen molar-refractivity contribution in [2.45, 2.75) is 51.9 Å². The third-order valence-corrected chi connectivity index (χ3v) is 7.58. The van der Waals surface area contributed by atoms with Crippen molar-refractivity contribution < 1.29 is 14.3 Å². The molecule has 0 saturated carbocycles. The molecule has 1 aromatic carbocycles. The quantitative estimate of drug-likeness (QED) is 0.647. The molecule has 1 saturated heterocycles. The summed E-state index contributed by atoms with van der Waals surface area (Å²) < 4.78 is 5.39. The zero-order valence-corrected chi connectivity index (χ0v) is 19.9. The van der Waals surface area contributed by atoms with Crippen molar-refractivity contribution in [2.24, 2.45) is 5.92 Å². The predicted octanol–water partition coefficient (Wildman–Crippen LogP) is 4.95. The lowest BCUT2D eigenvalue weighted by atomic mass is 9.88. The fourth-order valence-corrected chi connectivity index (χ4v) is 6.10. The SMILES string of the molecule is COc1ccccc1NC(=O)c1c(NC(=O)CN2CCCCCC2)sc2c1CC[C@H](C)C2. The van der Waals surface area contributed by atoms with Crippen molar-refractivity contribution in [1.29, 1.82) is 0 Å². The van der Waals surface area contributed by atoms with E-state index in [4.69, 9.17) is 4.74 Å². The number of hydrogen-bond acceptors (Lipinski definition) is 5. The van der Waals surface area contributed by atoms with E-state index in [0.29, 0.717) is 34.5 Å². The van der Waals surface area contributed by atoms with Gasteiger partial charge in [-0.3, -0.25) is 14.5 Å². The molecule has 2 N–H and O–H groups in total. The van der Waals surface area contributed by atoms with E-state index in [9.17, 15) is 9.59 Å². The molecular weight excluding hydrogens is 422 g/mol. The average molecular weight is 456 g/mol. The van der Waals surface area contributed by atoms with Gasteiger partial charge < -0.3 is 15.4 Å². The van der Waals surface area contributed by atoms with Crippen LogP contribution < -0.4 is 15.4 Å². The molecule has 2 amide bonds. The monoisotopic (exact) mass is 455 g/mol. The van der Waals surface area contributed by atoms with Crippen molar-refractivity contribution in [2.75, 3.05) is 37.4 Å². The summed E-state index contributed by atoms with van der Waals surface area (Å²) in [7, 11) is 1.59. The van der Waals surface area contributed by atoms with Gasteiger partial charge in [0.2, 0.25) is 5.91 Å². The van der Waals surface area contributed by atoms with Gasteiger partial charge in [0.05, 0.1) is 24.9 Å². The lowest BCUT2D eigenvalue weighted by Gasteiger charge is -2.19. The Bertz CT molecular complexity index is 963. The van der Waals surface area contributed by atoms with Crippen LogP contribution in [0.2, 0.25) is 0 Å². The lowest BCUT2D eigenvalue weighted by Crippen LogP contribution is -2.34. The fourth-order valence-electron chi connectivity index (χ4n) is 4.68. The Kier molecular flexibility index (Phi) is 7.48. The van der Waals surface area contributed by atoms with E-state index in [1.54, 1.807) is 18.4 Å². The van der Waals surface area contributed by atoms with Crippen LogP contribution in [0.5, 0.6) is 5.75 Å². The van der Waals surface area contributed by atoms with Crippen molar-refractivity contribution in [3.8, 4) is 5.75 Å². The molecule has 6 nitrogen and oxygen atoms in total. The first-order chi connectivity index (χ1) is 15.5. The van der Waals surface area contributed by atoms with Gasteiger partial charge in [-0.15, -0.1) is 11.3 Å². The molecule has 1 aliphatic heterocycles. The van der Waals surface area contributed by atoms with E-state index in [1.807, 2.05) is 24.3 Å². The van der Waals surface area contributed by atoms with Crippen LogP contribution in [0.3, 0.4) is 0 Å². The smallest absolute Gasteiger partial charge is 0.259 e. The molecule has 2 aromatic rings. The van der Waals surface area contributed by atoms with Crippen LogP contribution in [0, 0.1) is 5.92 Å². The molecule has 0 radical (unpaired) electrons.